The summed E-state index contributed by atoms with van der Waals surface area (Å²) >= 11 is 0. The lowest BCUT2D eigenvalue weighted by Crippen LogP contribution is -2.41. The molecule has 0 N–H and O–H groups in total. The van der Waals surface area contributed by atoms with Crippen molar-refractivity contribution >= 4 is 50.0 Å². The van der Waals surface area contributed by atoms with Gasteiger partial charge in [-0.2, -0.15) is 0 Å². The molecule has 2 aromatic heterocycles. The molecule has 0 aliphatic carbocycles. The van der Waals surface area contributed by atoms with E-state index in [1.54, 1.807) is 22.6 Å². The van der Waals surface area contributed by atoms with Crippen LogP contribution in [-0.4, -0.2) is 32.6 Å². The number of amides is 2. The quantitative estimate of drug-likeness (QED) is 0.398. The van der Waals surface area contributed by atoms with Crippen molar-refractivity contribution in [3.63, 3.8) is 0 Å². The Morgan fingerprint density at radius 1 is 0.844 bits per heavy atom. The summed E-state index contributed by atoms with van der Waals surface area (Å²) in [7, 11) is 0. The largest absolute Gasteiger partial charge is 0.274 e. The van der Waals surface area contributed by atoms with E-state index >= 15 is 0 Å². The first-order valence-electron chi connectivity index (χ1n) is 10.9. The molecular formula is C26H21N3O3. The molecule has 1 aliphatic rings. The number of imide groups is 1. The lowest BCUT2D eigenvalue weighted by molar-refractivity contribution is 0.0608. The summed E-state index contributed by atoms with van der Waals surface area (Å²) in [6, 6.07) is 11.0. The average molecular weight is 423 g/mol. The first-order valence-corrected chi connectivity index (χ1v) is 10.9. The molecule has 0 saturated heterocycles. The molecule has 0 bridgehead atoms. The number of rotatable bonds is 3. The Bertz CT molecular complexity index is 1670. The van der Waals surface area contributed by atoms with Gasteiger partial charge in [-0.05, 0) is 67.8 Å². The molecule has 6 nitrogen and oxygen atoms in total. The highest BCUT2D eigenvalue weighted by molar-refractivity contribution is 6.31. The molecule has 0 saturated carbocycles. The van der Waals surface area contributed by atoms with Crippen LogP contribution in [0.3, 0.4) is 0 Å². The molecule has 3 aromatic carbocycles. The van der Waals surface area contributed by atoms with Crippen molar-refractivity contribution in [2.75, 3.05) is 6.54 Å². The highest BCUT2D eigenvalue weighted by atomic mass is 16.2. The van der Waals surface area contributed by atoms with Crippen LogP contribution in [0.1, 0.15) is 51.6 Å². The Hall–Kier alpha value is -3.80. The fraction of sp³-hybridized carbons (Fsp3) is 0.231. The summed E-state index contributed by atoms with van der Waals surface area (Å²) in [5.74, 6) is -0.588. The Morgan fingerprint density at radius 2 is 1.50 bits per heavy atom. The molecule has 0 fully saturated rings. The van der Waals surface area contributed by atoms with E-state index < -0.39 is 0 Å². The number of fused-ring (bicyclic) bond motifs is 4. The lowest BCUT2D eigenvalue weighted by Gasteiger charge is -2.27. The van der Waals surface area contributed by atoms with E-state index in [1.165, 1.54) is 4.90 Å². The Kier molecular flexibility index (Phi) is 3.76. The maximum absolute atomic E-state index is 13.6. The maximum Gasteiger partial charge on any atom is 0.264 e. The smallest absolute Gasteiger partial charge is 0.264 e. The second-order valence-electron chi connectivity index (χ2n) is 8.69. The zero-order valence-corrected chi connectivity index (χ0v) is 18.2. The van der Waals surface area contributed by atoms with Crippen LogP contribution in [0.2, 0.25) is 0 Å². The monoisotopic (exact) mass is 423 g/mol. The fourth-order valence-corrected chi connectivity index (χ4v) is 4.96. The van der Waals surface area contributed by atoms with E-state index in [1.807, 2.05) is 39.0 Å². The van der Waals surface area contributed by atoms with Crippen molar-refractivity contribution in [2.45, 2.75) is 33.6 Å². The number of benzene rings is 3. The number of aromatic nitrogens is 2. The van der Waals surface area contributed by atoms with Crippen LogP contribution in [0, 0.1) is 13.8 Å². The van der Waals surface area contributed by atoms with Crippen molar-refractivity contribution in [3.8, 4) is 0 Å². The minimum atomic E-state index is -0.294. The van der Waals surface area contributed by atoms with Gasteiger partial charge in [0.25, 0.3) is 17.4 Å². The van der Waals surface area contributed by atoms with Crippen molar-refractivity contribution in [3.05, 3.63) is 69.0 Å². The van der Waals surface area contributed by atoms with Gasteiger partial charge in [-0.3, -0.25) is 23.7 Å². The SMILES string of the molecule is CCCCN1C(=O)c2ccc3c(=O)n4c5cc(C)c(C)cc5nc4c4ccc(c2c34)C1=O. The summed E-state index contributed by atoms with van der Waals surface area (Å²) in [6.45, 7) is 6.46. The van der Waals surface area contributed by atoms with Crippen LogP contribution in [0.5, 0.6) is 0 Å². The molecule has 6 rings (SSSR count). The highest BCUT2D eigenvalue weighted by Crippen LogP contribution is 2.37. The van der Waals surface area contributed by atoms with Crippen LogP contribution in [0.25, 0.3) is 38.2 Å². The van der Waals surface area contributed by atoms with Gasteiger partial charge in [0.2, 0.25) is 0 Å². The molecule has 0 atom stereocenters. The van der Waals surface area contributed by atoms with Crippen LogP contribution >= 0.6 is 0 Å². The summed E-state index contributed by atoms with van der Waals surface area (Å²) in [4.78, 5) is 46.1. The zero-order chi connectivity index (χ0) is 22.3. The number of unbranched alkanes of at least 4 members (excludes halogenated alkanes) is 1. The summed E-state index contributed by atoms with van der Waals surface area (Å²) < 4.78 is 1.65. The van der Waals surface area contributed by atoms with Gasteiger partial charge in [-0.25, -0.2) is 4.98 Å². The zero-order valence-electron chi connectivity index (χ0n) is 18.2. The molecule has 3 heterocycles. The van der Waals surface area contributed by atoms with Crippen LogP contribution < -0.4 is 5.56 Å². The normalized spacial score (nSPS) is 14.0. The molecule has 0 unspecified atom stereocenters. The molecule has 2 amide bonds. The first kappa shape index (κ1) is 18.9. The third kappa shape index (κ3) is 2.24. The number of nitrogens with zero attached hydrogens (tertiary/aromatic N) is 3. The molecule has 0 radical (unpaired) electrons. The van der Waals surface area contributed by atoms with Gasteiger partial charge >= 0.3 is 0 Å². The Labute approximate surface area is 183 Å². The molecule has 5 aromatic rings. The summed E-state index contributed by atoms with van der Waals surface area (Å²) in [5, 5.41) is 2.49. The third-order valence-electron chi connectivity index (χ3n) is 6.79. The second-order valence-corrected chi connectivity index (χ2v) is 8.69. The van der Waals surface area contributed by atoms with Crippen LogP contribution in [0.15, 0.2) is 41.2 Å². The van der Waals surface area contributed by atoms with Gasteiger partial charge in [-0.15, -0.1) is 0 Å². The third-order valence-corrected chi connectivity index (χ3v) is 6.79. The molecular weight excluding hydrogens is 402 g/mol. The minimum absolute atomic E-state index is 0.185. The highest BCUT2D eigenvalue weighted by Gasteiger charge is 2.34. The molecule has 158 valence electrons. The van der Waals surface area contributed by atoms with E-state index in [9.17, 15) is 14.4 Å². The standard InChI is InChI=1S/C26H21N3O3/c1-4-5-10-28-24(30)16-7-6-15-21-18(9-8-17(22(16)21)25(28)31)26(32)29-20-12-14(3)13(2)11-19(20)27-23(15)29/h6-9,11-12H,4-5,10H2,1-3H3. The maximum atomic E-state index is 13.6. The minimum Gasteiger partial charge on any atom is -0.274 e. The van der Waals surface area contributed by atoms with Gasteiger partial charge in [0, 0.05) is 39.2 Å². The topological polar surface area (TPSA) is 71.8 Å². The van der Waals surface area contributed by atoms with Crippen molar-refractivity contribution in [1.82, 2.24) is 14.3 Å². The second kappa shape index (κ2) is 6.36. The molecule has 6 heteroatoms. The molecule has 1 aliphatic heterocycles. The lowest BCUT2D eigenvalue weighted by atomic mass is 9.90. The Balaban J connectivity index is 1.77. The van der Waals surface area contributed by atoms with E-state index in [4.69, 9.17) is 4.98 Å². The predicted octanol–water partition coefficient (Wildman–Crippen LogP) is 4.60. The average Bonchev–Trinajstić information content (AvgIpc) is 3.14. The number of hydrogen-bond donors (Lipinski definition) is 0. The van der Waals surface area contributed by atoms with E-state index in [0.717, 1.165) is 40.4 Å². The van der Waals surface area contributed by atoms with E-state index in [2.05, 4.69) is 0 Å². The van der Waals surface area contributed by atoms with E-state index in [-0.39, 0.29) is 17.4 Å². The van der Waals surface area contributed by atoms with Crippen molar-refractivity contribution in [2.24, 2.45) is 0 Å². The Morgan fingerprint density at radius 3 is 2.19 bits per heavy atom. The van der Waals surface area contributed by atoms with Gasteiger partial charge < -0.3 is 0 Å². The number of carbonyl (C=O) groups excluding carboxylic acids is 2. The molecule has 0 spiro atoms. The summed E-state index contributed by atoms with van der Waals surface area (Å²) in [5.41, 5.74) is 5.04. The van der Waals surface area contributed by atoms with Gasteiger partial charge in [0.1, 0.15) is 5.65 Å². The van der Waals surface area contributed by atoms with E-state index in [0.29, 0.717) is 39.5 Å². The molecule has 32 heavy (non-hydrogen) atoms. The summed E-state index contributed by atoms with van der Waals surface area (Å²) in [6.07, 6.45) is 1.65. The number of aryl methyl sites for hydroxylation is 2. The van der Waals surface area contributed by atoms with Crippen LogP contribution in [0.4, 0.5) is 0 Å². The van der Waals surface area contributed by atoms with Gasteiger partial charge in [0.05, 0.1) is 11.0 Å². The fourth-order valence-electron chi connectivity index (χ4n) is 4.96. The van der Waals surface area contributed by atoms with Crippen molar-refractivity contribution in [1.29, 1.82) is 0 Å². The van der Waals surface area contributed by atoms with Gasteiger partial charge in [0.15, 0.2) is 0 Å². The number of carbonyl (C=O) groups is 2. The number of hydrogen-bond acceptors (Lipinski definition) is 4. The van der Waals surface area contributed by atoms with Crippen LogP contribution in [-0.2, 0) is 0 Å². The van der Waals surface area contributed by atoms with Crippen molar-refractivity contribution < 1.29 is 9.59 Å². The number of pyridine rings is 1. The predicted molar refractivity (Wildman–Crippen MR) is 125 cm³/mol. The number of imidazole rings is 1. The van der Waals surface area contributed by atoms with Gasteiger partial charge in [-0.1, -0.05) is 13.3 Å². The first-order chi connectivity index (χ1) is 15.4.